The van der Waals surface area contributed by atoms with Gasteiger partial charge in [-0.2, -0.15) is 0 Å². The fraction of sp³-hybridized carbons (Fsp3) is 0.320. The Balaban J connectivity index is 1.55. The van der Waals surface area contributed by atoms with Crippen LogP contribution in [0.5, 0.6) is 5.75 Å². The van der Waals surface area contributed by atoms with Crippen LogP contribution < -0.4 is 9.64 Å². The molecule has 1 aliphatic heterocycles. The van der Waals surface area contributed by atoms with Crippen molar-refractivity contribution in [3.05, 3.63) is 59.7 Å². The molecule has 0 aromatic heterocycles. The highest BCUT2D eigenvalue weighted by Gasteiger charge is 2.40. The molecule has 0 bridgehead atoms. The first kappa shape index (κ1) is 26.0. The zero-order valence-electron chi connectivity index (χ0n) is 19.4. The summed E-state index contributed by atoms with van der Waals surface area (Å²) in [5.41, 5.74) is 0.861. The molecule has 2 aromatic carbocycles. The minimum Gasteiger partial charge on any atom is -0.494 e. The van der Waals surface area contributed by atoms with Gasteiger partial charge in [0.1, 0.15) is 5.75 Å². The molecule has 1 fully saturated rings. The van der Waals surface area contributed by atoms with E-state index in [-0.39, 0.29) is 30.1 Å². The minimum absolute atomic E-state index is 0.0223. The molecule has 1 saturated heterocycles. The number of amides is 2. The lowest BCUT2D eigenvalue weighted by molar-refractivity contribution is -0.139. The second-order valence-corrected chi connectivity index (χ2v) is 8.57. The molecule has 35 heavy (non-hydrogen) atoms. The van der Waals surface area contributed by atoms with Gasteiger partial charge in [0.15, 0.2) is 12.4 Å². The van der Waals surface area contributed by atoms with Crippen molar-refractivity contribution in [3.8, 4) is 5.75 Å². The molecule has 1 aliphatic rings. The number of ether oxygens (including phenoxy) is 3. The molecule has 9 nitrogen and oxygen atoms in total. The standard InChI is InChI=1S/C25H25NO8S/c1-3-32-19-11-7-16(8-12-19)20(27)14-34-25(31)17-5-9-18(10-6-17)26-22(28)13-21(24(26)30)35-15-23(29)33-4-2/h5-12,21H,3-4,13-15H2,1-2H3. The molecule has 0 N–H and O–H groups in total. The molecule has 0 aliphatic carbocycles. The Kier molecular flexibility index (Phi) is 9.02. The maximum absolute atomic E-state index is 12.7. The summed E-state index contributed by atoms with van der Waals surface area (Å²) >= 11 is 1.06. The zero-order valence-corrected chi connectivity index (χ0v) is 20.2. The lowest BCUT2D eigenvalue weighted by Gasteiger charge is -2.15. The number of nitrogens with zero attached hydrogens (tertiary/aromatic N) is 1. The van der Waals surface area contributed by atoms with Crippen molar-refractivity contribution < 1.29 is 38.2 Å². The van der Waals surface area contributed by atoms with Gasteiger partial charge in [0.05, 0.1) is 35.5 Å². The molecular formula is C25H25NO8S. The van der Waals surface area contributed by atoms with Crippen LogP contribution in [0, 0.1) is 0 Å². The lowest BCUT2D eigenvalue weighted by atomic mass is 10.1. The highest BCUT2D eigenvalue weighted by atomic mass is 32.2. The van der Waals surface area contributed by atoms with Gasteiger partial charge in [0.2, 0.25) is 11.8 Å². The smallest absolute Gasteiger partial charge is 0.338 e. The number of benzene rings is 2. The Morgan fingerprint density at radius 2 is 1.57 bits per heavy atom. The van der Waals surface area contributed by atoms with Crippen LogP contribution >= 0.6 is 11.8 Å². The van der Waals surface area contributed by atoms with Crippen molar-refractivity contribution in [1.29, 1.82) is 0 Å². The van der Waals surface area contributed by atoms with E-state index in [0.29, 0.717) is 23.6 Å². The van der Waals surface area contributed by atoms with Gasteiger partial charge in [-0.3, -0.25) is 19.2 Å². The van der Waals surface area contributed by atoms with E-state index in [2.05, 4.69) is 0 Å². The number of carbonyl (C=O) groups excluding carboxylic acids is 5. The molecular weight excluding hydrogens is 474 g/mol. The first-order valence-corrected chi connectivity index (χ1v) is 12.1. The van der Waals surface area contributed by atoms with E-state index in [1.165, 1.54) is 24.3 Å². The topological polar surface area (TPSA) is 116 Å². The Morgan fingerprint density at radius 3 is 2.20 bits per heavy atom. The second kappa shape index (κ2) is 12.2. The minimum atomic E-state index is -0.710. The molecule has 0 saturated carbocycles. The first-order valence-electron chi connectivity index (χ1n) is 11.0. The summed E-state index contributed by atoms with van der Waals surface area (Å²) < 4.78 is 15.3. The van der Waals surface area contributed by atoms with E-state index < -0.39 is 35.6 Å². The predicted molar refractivity (Wildman–Crippen MR) is 129 cm³/mol. The third kappa shape index (κ3) is 6.69. The third-order valence-electron chi connectivity index (χ3n) is 5.00. The summed E-state index contributed by atoms with van der Waals surface area (Å²) in [5, 5.41) is -0.676. The quantitative estimate of drug-likeness (QED) is 0.261. The van der Waals surface area contributed by atoms with Crippen LogP contribution in [0.4, 0.5) is 5.69 Å². The number of hydrogen-bond donors (Lipinski definition) is 0. The molecule has 0 spiro atoms. The van der Waals surface area contributed by atoms with Crippen LogP contribution in [0.3, 0.4) is 0 Å². The van der Waals surface area contributed by atoms with E-state index in [9.17, 15) is 24.0 Å². The maximum Gasteiger partial charge on any atom is 0.338 e. The van der Waals surface area contributed by atoms with Gasteiger partial charge in [-0.15, -0.1) is 11.8 Å². The van der Waals surface area contributed by atoms with Crippen molar-refractivity contribution in [1.82, 2.24) is 0 Å². The molecule has 1 atom stereocenters. The van der Waals surface area contributed by atoms with E-state index in [1.54, 1.807) is 31.2 Å². The molecule has 2 aromatic rings. The van der Waals surface area contributed by atoms with Crippen molar-refractivity contribution in [3.63, 3.8) is 0 Å². The van der Waals surface area contributed by atoms with E-state index in [1.807, 2.05) is 6.92 Å². The number of imide groups is 1. The van der Waals surface area contributed by atoms with Crippen LogP contribution in [0.1, 0.15) is 41.0 Å². The van der Waals surface area contributed by atoms with Crippen molar-refractivity contribution in [2.75, 3.05) is 30.5 Å². The van der Waals surface area contributed by atoms with Crippen molar-refractivity contribution in [2.45, 2.75) is 25.5 Å². The maximum atomic E-state index is 12.7. The van der Waals surface area contributed by atoms with E-state index in [4.69, 9.17) is 14.2 Å². The number of esters is 2. The Morgan fingerprint density at radius 1 is 0.914 bits per heavy atom. The van der Waals surface area contributed by atoms with Crippen LogP contribution in [0.15, 0.2) is 48.5 Å². The molecule has 0 radical (unpaired) electrons. The molecule has 1 unspecified atom stereocenters. The largest absolute Gasteiger partial charge is 0.494 e. The SMILES string of the molecule is CCOC(=O)CSC1CC(=O)N(c2ccc(C(=O)OCC(=O)c3ccc(OCC)cc3)cc2)C1=O. The Labute approximate surface area is 206 Å². The van der Waals surface area contributed by atoms with Crippen LogP contribution in [-0.4, -0.2) is 60.4 Å². The summed E-state index contributed by atoms with van der Waals surface area (Å²) in [6, 6.07) is 12.3. The number of ketones is 1. The molecule has 1 heterocycles. The fourth-order valence-corrected chi connectivity index (χ4v) is 4.25. The van der Waals surface area contributed by atoms with Gasteiger partial charge in [0.25, 0.3) is 0 Å². The molecule has 10 heteroatoms. The lowest BCUT2D eigenvalue weighted by Crippen LogP contribution is -2.31. The van der Waals surface area contributed by atoms with Gasteiger partial charge in [-0.25, -0.2) is 9.69 Å². The van der Waals surface area contributed by atoms with Crippen LogP contribution in [-0.2, 0) is 23.9 Å². The average molecular weight is 500 g/mol. The monoisotopic (exact) mass is 499 g/mol. The summed E-state index contributed by atoms with van der Waals surface area (Å²) in [4.78, 5) is 62.3. The summed E-state index contributed by atoms with van der Waals surface area (Å²) in [5.74, 6) is -1.73. The number of carbonyl (C=O) groups is 5. The van der Waals surface area contributed by atoms with Crippen molar-refractivity contribution in [2.24, 2.45) is 0 Å². The second-order valence-electron chi connectivity index (χ2n) is 7.38. The zero-order chi connectivity index (χ0) is 25.4. The number of hydrogen-bond acceptors (Lipinski definition) is 9. The number of Topliss-reactive ketones (excluding diaryl/α,β-unsaturated/α-hetero) is 1. The van der Waals surface area contributed by atoms with Gasteiger partial charge in [-0.05, 0) is 62.4 Å². The Hall–Kier alpha value is -3.66. The average Bonchev–Trinajstić information content (AvgIpc) is 3.14. The summed E-state index contributed by atoms with van der Waals surface area (Å²) in [6.45, 7) is 3.87. The molecule has 3 rings (SSSR count). The van der Waals surface area contributed by atoms with E-state index in [0.717, 1.165) is 16.7 Å². The number of anilines is 1. The van der Waals surface area contributed by atoms with Crippen molar-refractivity contribution >= 4 is 47.0 Å². The third-order valence-corrected chi connectivity index (χ3v) is 6.17. The summed E-state index contributed by atoms with van der Waals surface area (Å²) in [6.07, 6.45) is -0.0274. The fourth-order valence-electron chi connectivity index (χ4n) is 3.32. The van der Waals surface area contributed by atoms with Crippen LogP contribution in [0.2, 0.25) is 0 Å². The first-order chi connectivity index (χ1) is 16.8. The normalized spacial score (nSPS) is 15.1. The highest BCUT2D eigenvalue weighted by Crippen LogP contribution is 2.30. The number of thioether (sulfide) groups is 1. The van der Waals surface area contributed by atoms with Crippen LogP contribution in [0.25, 0.3) is 0 Å². The molecule has 184 valence electrons. The highest BCUT2D eigenvalue weighted by molar-refractivity contribution is 8.01. The number of rotatable bonds is 11. The van der Waals surface area contributed by atoms with Gasteiger partial charge < -0.3 is 14.2 Å². The molecule has 2 amide bonds. The van der Waals surface area contributed by atoms with Gasteiger partial charge in [-0.1, -0.05) is 0 Å². The van der Waals surface area contributed by atoms with Gasteiger partial charge >= 0.3 is 11.9 Å². The van der Waals surface area contributed by atoms with Gasteiger partial charge in [0, 0.05) is 12.0 Å². The summed E-state index contributed by atoms with van der Waals surface area (Å²) in [7, 11) is 0. The predicted octanol–water partition coefficient (Wildman–Crippen LogP) is 3.05. The van der Waals surface area contributed by atoms with E-state index >= 15 is 0 Å². The Bertz CT molecular complexity index is 1100.